The van der Waals surface area contributed by atoms with E-state index in [1.54, 1.807) is 0 Å². The van der Waals surface area contributed by atoms with Crippen LogP contribution in [0.25, 0.3) is 0 Å². The van der Waals surface area contributed by atoms with E-state index in [-0.39, 0.29) is 24.0 Å². The highest BCUT2D eigenvalue weighted by atomic mass is 127. The normalized spacial score (nSPS) is 10.9. The summed E-state index contributed by atoms with van der Waals surface area (Å²) in [5.41, 5.74) is 6.72. The van der Waals surface area contributed by atoms with E-state index in [4.69, 9.17) is 10.5 Å². The zero-order valence-corrected chi connectivity index (χ0v) is 13.8. The molecule has 0 bridgehead atoms. The van der Waals surface area contributed by atoms with Crippen molar-refractivity contribution in [1.82, 2.24) is 0 Å². The van der Waals surface area contributed by atoms with Crippen LogP contribution < -0.4 is 11.1 Å². The molecule has 0 heterocycles. The lowest BCUT2D eigenvalue weighted by Crippen LogP contribution is -2.22. The summed E-state index contributed by atoms with van der Waals surface area (Å²) in [6, 6.07) is 9.78. The number of rotatable bonds is 8. The fourth-order valence-corrected chi connectivity index (χ4v) is 1.42. The number of nitrogens with one attached hydrogen (secondary N) is 1. The first-order chi connectivity index (χ1) is 8.83. The van der Waals surface area contributed by atoms with E-state index in [1.165, 1.54) is 6.42 Å². The maximum Gasteiger partial charge on any atom is 0.193 e. The van der Waals surface area contributed by atoms with Gasteiger partial charge in [-0.1, -0.05) is 31.5 Å². The maximum atomic E-state index is 5.77. The van der Waals surface area contributed by atoms with Crippen molar-refractivity contribution in [1.29, 1.82) is 0 Å². The van der Waals surface area contributed by atoms with Crippen LogP contribution in [0.4, 0.5) is 5.69 Å². The molecule has 0 fully saturated rings. The number of guanidine groups is 1. The van der Waals surface area contributed by atoms with Crippen molar-refractivity contribution < 1.29 is 4.74 Å². The van der Waals surface area contributed by atoms with Crippen molar-refractivity contribution in [3.05, 3.63) is 30.3 Å². The van der Waals surface area contributed by atoms with Crippen LogP contribution in [0.5, 0.6) is 0 Å². The molecule has 0 saturated heterocycles. The highest BCUT2D eigenvalue weighted by Gasteiger charge is 1.93. The molecule has 5 heteroatoms. The summed E-state index contributed by atoms with van der Waals surface area (Å²) >= 11 is 0. The third kappa shape index (κ3) is 9.72. The Hall–Kier alpha value is -0.820. The molecule has 1 rings (SSSR count). The van der Waals surface area contributed by atoms with Crippen LogP contribution in [0.15, 0.2) is 35.3 Å². The van der Waals surface area contributed by atoms with Crippen LogP contribution in [0, 0.1) is 0 Å². The SMILES string of the molecule is CCCCOCCCN=C(N)Nc1ccccc1.I. The molecule has 1 aromatic carbocycles. The Bertz CT molecular complexity index is 344. The fourth-order valence-electron chi connectivity index (χ4n) is 1.42. The Kier molecular flexibility index (Phi) is 11.7. The first-order valence-corrected chi connectivity index (χ1v) is 6.52. The molecule has 0 saturated carbocycles. The van der Waals surface area contributed by atoms with Gasteiger partial charge in [-0.2, -0.15) is 0 Å². The van der Waals surface area contributed by atoms with E-state index >= 15 is 0 Å². The monoisotopic (exact) mass is 377 g/mol. The fraction of sp³-hybridized carbons (Fsp3) is 0.500. The Morgan fingerprint density at radius 3 is 2.58 bits per heavy atom. The molecule has 108 valence electrons. The molecule has 1 aromatic rings. The summed E-state index contributed by atoms with van der Waals surface area (Å²) in [6.45, 7) is 4.45. The third-order valence-corrected chi connectivity index (χ3v) is 2.42. The van der Waals surface area contributed by atoms with E-state index in [9.17, 15) is 0 Å². The van der Waals surface area contributed by atoms with Gasteiger partial charge in [0.2, 0.25) is 0 Å². The van der Waals surface area contributed by atoms with Gasteiger partial charge in [0, 0.05) is 25.4 Å². The van der Waals surface area contributed by atoms with Crippen molar-refractivity contribution in [3.8, 4) is 0 Å². The maximum absolute atomic E-state index is 5.77. The Balaban J connectivity index is 0.00000324. The van der Waals surface area contributed by atoms with Gasteiger partial charge in [-0.3, -0.25) is 4.99 Å². The summed E-state index contributed by atoms with van der Waals surface area (Å²) < 4.78 is 5.44. The lowest BCUT2D eigenvalue weighted by molar-refractivity contribution is 0.130. The predicted octanol–water partition coefficient (Wildman–Crippen LogP) is 3.24. The van der Waals surface area contributed by atoms with E-state index in [0.29, 0.717) is 12.5 Å². The number of aliphatic imine (C=N–C) groups is 1. The van der Waals surface area contributed by atoms with Gasteiger partial charge in [0.25, 0.3) is 0 Å². The van der Waals surface area contributed by atoms with Crippen molar-refractivity contribution in [2.45, 2.75) is 26.2 Å². The largest absolute Gasteiger partial charge is 0.381 e. The molecular weight excluding hydrogens is 353 g/mol. The van der Waals surface area contributed by atoms with Crippen LogP contribution in [-0.4, -0.2) is 25.7 Å². The van der Waals surface area contributed by atoms with Gasteiger partial charge in [0.05, 0.1) is 0 Å². The number of para-hydroxylation sites is 1. The number of anilines is 1. The highest BCUT2D eigenvalue weighted by Crippen LogP contribution is 2.03. The zero-order valence-electron chi connectivity index (χ0n) is 11.5. The average molecular weight is 377 g/mol. The van der Waals surface area contributed by atoms with Gasteiger partial charge < -0.3 is 15.8 Å². The number of halogens is 1. The first-order valence-electron chi connectivity index (χ1n) is 6.52. The molecule has 0 spiro atoms. The number of nitrogens with zero attached hydrogens (tertiary/aromatic N) is 1. The molecule has 0 radical (unpaired) electrons. The second kappa shape index (κ2) is 12.2. The van der Waals surface area contributed by atoms with Crippen LogP contribution in [0.2, 0.25) is 0 Å². The molecule has 19 heavy (non-hydrogen) atoms. The van der Waals surface area contributed by atoms with Crippen molar-refractivity contribution >= 4 is 35.6 Å². The van der Waals surface area contributed by atoms with Gasteiger partial charge in [-0.25, -0.2) is 0 Å². The lowest BCUT2D eigenvalue weighted by Gasteiger charge is -2.05. The third-order valence-electron chi connectivity index (χ3n) is 2.42. The van der Waals surface area contributed by atoms with Crippen LogP contribution in [0.1, 0.15) is 26.2 Å². The van der Waals surface area contributed by atoms with Crippen molar-refractivity contribution in [2.75, 3.05) is 25.1 Å². The zero-order chi connectivity index (χ0) is 13.1. The van der Waals surface area contributed by atoms with Crippen LogP contribution in [-0.2, 0) is 4.74 Å². The van der Waals surface area contributed by atoms with E-state index in [1.807, 2.05) is 30.3 Å². The average Bonchev–Trinajstić information content (AvgIpc) is 2.39. The number of unbranched alkanes of at least 4 members (excludes halogenated alkanes) is 1. The summed E-state index contributed by atoms with van der Waals surface area (Å²) in [5.74, 6) is 0.453. The lowest BCUT2D eigenvalue weighted by atomic mass is 10.3. The van der Waals surface area contributed by atoms with Gasteiger partial charge in [-0.05, 0) is 25.0 Å². The molecule has 0 atom stereocenters. The number of nitrogens with two attached hydrogens (primary N) is 1. The standard InChI is InChI=1S/C14H23N3O.HI/c1-2-3-11-18-12-7-10-16-14(15)17-13-8-5-4-6-9-13;/h4-6,8-9H,2-3,7,10-12H2,1H3,(H3,15,16,17);1H. The van der Waals surface area contributed by atoms with Crippen LogP contribution in [0.3, 0.4) is 0 Å². The van der Waals surface area contributed by atoms with Crippen LogP contribution >= 0.6 is 24.0 Å². The predicted molar refractivity (Wildman–Crippen MR) is 92.3 cm³/mol. The number of hydrogen-bond acceptors (Lipinski definition) is 2. The summed E-state index contributed by atoms with van der Waals surface area (Å²) in [4.78, 5) is 4.24. The van der Waals surface area contributed by atoms with Crippen molar-refractivity contribution in [3.63, 3.8) is 0 Å². The molecule has 0 aliphatic heterocycles. The summed E-state index contributed by atoms with van der Waals surface area (Å²) in [5, 5.41) is 3.04. The quantitative estimate of drug-likeness (QED) is 0.317. The summed E-state index contributed by atoms with van der Waals surface area (Å²) in [7, 11) is 0. The van der Waals surface area contributed by atoms with Gasteiger partial charge >= 0.3 is 0 Å². The minimum atomic E-state index is 0. The second-order valence-corrected chi connectivity index (χ2v) is 4.08. The van der Waals surface area contributed by atoms with Gasteiger partial charge in [-0.15, -0.1) is 24.0 Å². The number of ether oxygens (including phenoxy) is 1. The minimum absolute atomic E-state index is 0. The molecule has 4 nitrogen and oxygen atoms in total. The molecule has 3 N–H and O–H groups in total. The van der Waals surface area contributed by atoms with Crippen molar-refractivity contribution in [2.24, 2.45) is 10.7 Å². The first kappa shape index (κ1) is 18.2. The van der Waals surface area contributed by atoms with E-state index in [0.717, 1.165) is 31.7 Å². The molecule has 0 aliphatic rings. The number of benzene rings is 1. The topological polar surface area (TPSA) is 59.6 Å². The second-order valence-electron chi connectivity index (χ2n) is 4.08. The summed E-state index contributed by atoms with van der Waals surface area (Å²) in [6.07, 6.45) is 3.20. The van der Waals surface area contributed by atoms with Gasteiger partial charge in [0.15, 0.2) is 5.96 Å². The Morgan fingerprint density at radius 1 is 1.21 bits per heavy atom. The highest BCUT2D eigenvalue weighted by molar-refractivity contribution is 14.0. The van der Waals surface area contributed by atoms with E-state index in [2.05, 4.69) is 17.2 Å². The van der Waals surface area contributed by atoms with E-state index < -0.39 is 0 Å². The molecule has 0 aliphatic carbocycles. The molecule has 0 aromatic heterocycles. The molecule has 0 amide bonds. The number of hydrogen-bond donors (Lipinski definition) is 2. The smallest absolute Gasteiger partial charge is 0.193 e. The van der Waals surface area contributed by atoms with Gasteiger partial charge in [0.1, 0.15) is 0 Å². The Morgan fingerprint density at radius 2 is 1.89 bits per heavy atom. The molecular formula is C14H24IN3O. The molecule has 0 unspecified atom stereocenters. The Labute approximate surface area is 132 Å². The minimum Gasteiger partial charge on any atom is -0.381 e.